The van der Waals surface area contributed by atoms with Gasteiger partial charge in [0.25, 0.3) is 11.8 Å². The summed E-state index contributed by atoms with van der Waals surface area (Å²) in [6.07, 6.45) is 2.70. The van der Waals surface area contributed by atoms with Crippen LogP contribution in [0.3, 0.4) is 0 Å². The fourth-order valence-corrected chi connectivity index (χ4v) is 1.94. The number of phenols is 1. The number of phenolic OH excluding ortho intramolecular Hbond substituents is 1. The third-order valence-corrected chi connectivity index (χ3v) is 3.01. The predicted octanol–water partition coefficient (Wildman–Crippen LogP) is 1.05. The molecular weight excluding hydrogens is 288 g/mol. The summed E-state index contributed by atoms with van der Waals surface area (Å²) in [7, 11) is 1.38. The molecule has 0 atom stereocenters. The summed E-state index contributed by atoms with van der Waals surface area (Å²) in [5, 5.41) is 11.6. The number of hydrogen-bond donors (Lipinski definition) is 2. The second-order valence-electron chi connectivity index (χ2n) is 4.45. The number of imide groups is 2. The van der Waals surface area contributed by atoms with Gasteiger partial charge in [0.1, 0.15) is 5.57 Å². The van der Waals surface area contributed by atoms with E-state index in [0.29, 0.717) is 5.56 Å². The number of methoxy groups -OCH3 is 1. The summed E-state index contributed by atoms with van der Waals surface area (Å²) >= 11 is 0. The third kappa shape index (κ3) is 2.83. The summed E-state index contributed by atoms with van der Waals surface area (Å²) in [4.78, 5) is 36.5. The van der Waals surface area contributed by atoms with Crippen LogP contribution in [0.5, 0.6) is 11.5 Å². The Morgan fingerprint density at radius 3 is 2.73 bits per heavy atom. The number of carbonyl (C=O) groups is 3. The maximum atomic E-state index is 12.2. The predicted molar refractivity (Wildman–Crippen MR) is 78.1 cm³/mol. The van der Waals surface area contributed by atoms with E-state index in [1.165, 1.54) is 37.5 Å². The maximum Gasteiger partial charge on any atom is 0.331 e. The van der Waals surface area contributed by atoms with E-state index in [9.17, 15) is 19.5 Å². The van der Waals surface area contributed by atoms with Gasteiger partial charge in [-0.05, 0) is 23.8 Å². The molecule has 2 N–H and O–H groups in total. The van der Waals surface area contributed by atoms with Crippen molar-refractivity contribution in [3.63, 3.8) is 0 Å². The molecule has 0 aliphatic carbocycles. The van der Waals surface area contributed by atoms with Gasteiger partial charge in [-0.3, -0.25) is 19.8 Å². The van der Waals surface area contributed by atoms with Gasteiger partial charge in [0.15, 0.2) is 11.5 Å². The van der Waals surface area contributed by atoms with E-state index in [1.807, 2.05) is 0 Å². The first-order valence-corrected chi connectivity index (χ1v) is 6.34. The second-order valence-corrected chi connectivity index (χ2v) is 4.45. The van der Waals surface area contributed by atoms with Gasteiger partial charge in [0.05, 0.1) is 7.11 Å². The van der Waals surface area contributed by atoms with Crippen LogP contribution >= 0.6 is 0 Å². The largest absolute Gasteiger partial charge is 0.504 e. The minimum absolute atomic E-state index is 0.00577. The maximum absolute atomic E-state index is 12.2. The Balaban J connectivity index is 2.40. The summed E-state index contributed by atoms with van der Waals surface area (Å²) in [5.74, 6) is -1.34. The number of ether oxygens (including phenoxy) is 1. The number of nitrogens with one attached hydrogen (secondary N) is 1. The molecule has 1 saturated heterocycles. The minimum Gasteiger partial charge on any atom is -0.504 e. The standard InChI is InChI=1S/C15H14N2O5/c1-3-6-17-14(20)10(13(19)16-15(17)21)7-9-4-5-11(18)12(8-9)22-2/h3-5,7-8,18H,1,6H2,2H3,(H,16,19,21). The summed E-state index contributed by atoms with van der Waals surface area (Å²) in [5.41, 5.74) is 0.287. The van der Waals surface area contributed by atoms with E-state index >= 15 is 0 Å². The highest BCUT2D eigenvalue weighted by Gasteiger charge is 2.34. The van der Waals surface area contributed by atoms with Crippen molar-refractivity contribution >= 4 is 23.9 Å². The van der Waals surface area contributed by atoms with Crippen LogP contribution in [0.15, 0.2) is 36.4 Å². The molecule has 114 valence electrons. The average Bonchev–Trinajstić information content (AvgIpc) is 2.49. The SMILES string of the molecule is C=CCN1C(=O)NC(=O)C(=Cc2ccc(O)c(OC)c2)C1=O. The number of amides is 4. The first kappa shape index (κ1) is 15.3. The first-order valence-electron chi connectivity index (χ1n) is 6.34. The summed E-state index contributed by atoms with van der Waals surface area (Å²) in [6.45, 7) is 3.46. The zero-order valence-electron chi connectivity index (χ0n) is 11.8. The summed E-state index contributed by atoms with van der Waals surface area (Å²) in [6, 6.07) is 3.58. The van der Waals surface area contributed by atoms with Crippen LogP contribution in [0.1, 0.15) is 5.56 Å². The highest BCUT2D eigenvalue weighted by molar-refractivity contribution is 6.31. The second kappa shape index (κ2) is 6.13. The molecule has 2 rings (SSSR count). The topological polar surface area (TPSA) is 95.9 Å². The Hall–Kier alpha value is -3.09. The molecule has 1 aromatic carbocycles. The van der Waals surface area contributed by atoms with Crippen LogP contribution in [-0.2, 0) is 9.59 Å². The molecule has 0 unspecified atom stereocenters. The quantitative estimate of drug-likeness (QED) is 0.492. The van der Waals surface area contributed by atoms with Gasteiger partial charge in [-0.25, -0.2) is 4.79 Å². The smallest absolute Gasteiger partial charge is 0.331 e. The molecule has 1 aliphatic rings. The fraction of sp³-hybridized carbons (Fsp3) is 0.133. The molecular formula is C15H14N2O5. The van der Waals surface area contributed by atoms with Crippen LogP contribution in [0.2, 0.25) is 0 Å². The highest BCUT2D eigenvalue weighted by Crippen LogP contribution is 2.27. The third-order valence-electron chi connectivity index (χ3n) is 3.01. The molecule has 22 heavy (non-hydrogen) atoms. The number of hydrogen-bond acceptors (Lipinski definition) is 5. The Bertz CT molecular complexity index is 693. The van der Waals surface area contributed by atoms with Gasteiger partial charge < -0.3 is 9.84 Å². The zero-order chi connectivity index (χ0) is 16.3. The highest BCUT2D eigenvalue weighted by atomic mass is 16.5. The Kier molecular flexibility index (Phi) is 4.26. The molecule has 0 saturated carbocycles. The Morgan fingerprint density at radius 1 is 1.36 bits per heavy atom. The lowest BCUT2D eigenvalue weighted by atomic mass is 10.1. The molecule has 0 spiro atoms. The van der Waals surface area contributed by atoms with Gasteiger partial charge in [0, 0.05) is 6.54 Å². The molecule has 1 aromatic rings. The van der Waals surface area contributed by atoms with Crippen molar-refractivity contribution in [2.75, 3.05) is 13.7 Å². The summed E-state index contributed by atoms with van der Waals surface area (Å²) < 4.78 is 4.96. The van der Waals surface area contributed by atoms with E-state index in [0.717, 1.165) is 4.90 Å². The molecule has 1 fully saturated rings. The lowest BCUT2D eigenvalue weighted by Crippen LogP contribution is -2.54. The molecule has 0 radical (unpaired) electrons. The van der Waals surface area contributed by atoms with Gasteiger partial charge in [-0.2, -0.15) is 0 Å². The van der Waals surface area contributed by atoms with E-state index in [2.05, 4.69) is 11.9 Å². The number of rotatable bonds is 4. The molecule has 7 nitrogen and oxygen atoms in total. The van der Waals surface area contributed by atoms with Crippen molar-refractivity contribution in [1.82, 2.24) is 10.2 Å². The molecule has 0 aromatic heterocycles. The van der Waals surface area contributed by atoms with Crippen LogP contribution in [0.4, 0.5) is 4.79 Å². The Labute approximate surface area is 126 Å². The molecule has 1 aliphatic heterocycles. The number of benzene rings is 1. The van der Waals surface area contributed by atoms with Crippen molar-refractivity contribution in [3.8, 4) is 11.5 Å². The van der Waals surface area contributed by atoms with Gasteiger partial charge in [0.2, 0.25) is 0 Å². The van der Waals surface area contributed by atoms with E-state index in [1.54, 1.807) is 0 Å². The van der Waals surface area contributed by atoms with Crippen molar-refractivity contribution < 1.29 is 24.2 Å². The molecule has 7 heteroatoms. The number of aromatic hydroxyl groups is 1. The minimum atomic E-state index is -0.782. The van der Waals surface area contributed by atoms with Gasteiger partial charge >= 0.3 is 6.03 Å². The van der Waals surface area contributed by atoms with Crippen LogP contribution in [0.25, 0.3) is 6.08 Å². The van der Waals surface area contributed by atoms with Crippen molar-refractivity contribution in [3.05, 3.63) is 42.0 Å². The zero-order valence-corrected chi connectivity index (χ0v) is 11.8. The lowest BCUT2D eigenvalue weighted by molar-refractivity contribution is -0.129. The average molecular weight is 302 g/mol. The fourth-order valence-electron chi connectivity index (χ4n) is 1.94. The molecule has 4 amide bonds. The number of carbonyl (C=O) groups excluding carboxylic acids is 3. The Morgan fingerprint density at radius 2 is 2.09 bits per heavy atom. The van der Waals surface area contributed by atoms with E-state index in [4.69, 9.17) is 4.74 Å². The van der Waals surface area contributed by atoms with Gasteiger partial charge in [-0.1, -0.05) is 12.1 Å². The van der Waals surface area contributed by atoms with Gasteiger partial charge in [-0.15, -0.1) is 6.58 Å². The van der Waals surface area contributed by atoms with E-state index in [-0.39, 0.29) is 23.6 Å². The molecule has 1 heterocycles. The van der Waals surface area contributed by atoms with Crippen LogP contribution in [0, 0.1) is 0 Å². The van der Waals surface area contributed by atoms with Crippen molar-refractivity contribution in [2.45, 2.75) is 0 Å². The number of barbiturate groups is 1. The monoisotopic (exact) mass is 302 g/mol. The number of nitrogens with zero attached hydrogens (tertiary/aromatic N) is 1. The lowest BCUT2D eigenvalue weighted by Gasteiger charge is -2.25. The normalized spacial score (nSPS) is 16.7. The van der Waals surface area contributed by atoms with E-state index < -0.39 is 17.8 Å². The van der Waals surface area contributed by atoms with Crippen LogP contribution in [-0.4, -0.2) is 41.5 Å². The first-order chi connectivity index (χ1) is 10.5. The molecule has 0 bridgehead atoms. The van der Waals surface area contributed by atoms with Crippen LogP contribution < -0.4 is 10.1 Å². The van der Waals surface area contributed by atoms with Crippen molar-refractivity contribution in [2.24, 2.45) is 0 Å². The van der Waals surface area contributed by atoms with Crippen molar-refractivity contribution in [1.29, 1.82) is 0 Å². The number of urea groups is 1.